The molecule has 0 aliphatic carbocycles. The van der Waals surface area contributed by atoms with E-state index in [4.69, 9.17) is 0 Å². The lowest BCUT2D eigenvalue weighted by molar-refractivity contribution is 0.102. The fraction of sp³-hybridized carbons (Fsp3) is 0.286. The van der Waals surface area contributed by atoms with Crippen molar-refractivity contribution in [2.75, 3.05) is 17.2 Å². The summed E-state index contributed by atoms with van der Waals surface area (Å²) in [6, 6.07) is 5.95. The van der Waals surface area contributed by atoms with Crippen LogP contribution in [0.1, 0.15) is 21.6 Å². The van der Waals surface area contributed by atoms with Crippen molar-refractivity contribution in [3.05, 3.63) is 41.2 Å². The number of amides is 1. The van der Waals surface area contributed by atoms with Gasteiger partial charge in [0.05, 0.1) is 11.8 Å². The van der Waals surface area contributed by atoms with Crippen molar-refractivity contribution in [3.8, 4) is 0 Å². The van der Waals surface area contributed by atoms with E-state index in [0.29, 0.717) is 5.56 Å². The summed E-state index contributed by atoms with van der Waals surface area (Å²) in [5.74, 6) is -0.114. The number of carbonyl (C=O) groups is 1. The maximum absolute atomic E-state index is 12.2. The van der Waals surface area contributed by atoms with Gasteiger partial charge >= 0.3 is 0 Å². The summed E-state index contributed by atoms with van der Waals surface area (Å²) >= 11 is 0. The summed E-state index contributed by atoms with van der Waals surface area (Å²) in [7, 11) is 1.83. The average Bonchev–Trinajstić information content (AvgIpc) is 2.97. The van der Waals surface area contributed by atoms with Gasteiger partial charge < -0.3 is 10.6 Å². The van der Waals surface area contributed by atoms with Crippen molar-refractivity contribution < 1.29 is 4.79 Å². The van der Waals surface area contributed by atoms with Crippen molar-refractivity contribution in [3.63, 3.8) is 0 Å². The molecule has 0 bridgehead atoms. The molecule has 0 saturated carbocycles. The molecular weight excluding hydrogens is 276 g/mol. The van der Waals surface area contributed by atoms with Gasteiger partial charge in [-0.3, -0.25) is 9.48 Å². The molecule has 0 unspecified atom stereocenters. The molecule has 2 aromatic rings. The molecule has 1 aliphatic heterocycles. The molecule has 0 fully saturated rings. The van der Waals surface area contributed by atoms with Crippen LogP contribution in [0.2, 0.25) is 0 Å². The quantitative estimate of drug-likeness (QED) is 0.893. The van der Waals surface area contributed by atoms with Crippen LogP contribution in [0.15, 0.2) is 24.4 Å². The van der Waals surface area contributed by atoms with Crippen LogP contribution in [-0.4, -0.2) is 22.2 Å². The van der Waals surface area contributed by atoms with Gasteiger partial charge in [-0.2, -0.15) is 5.10 Å². The third-order valence-electron chi connectivity index (χ3n) is 3.55. The van der Waals surface area contributed by atoms with Gasteiger partial charge in [-0.25, -0.2) is 0 Å². The standard InChI is InChI=1S/C14H16N4O.ClH/c1-9-12(8-16-18(9)2)14(19)17-11-3-4-13-10(7-11)5-6-15-13;/h3-4,7-8,15H,5-6H2,1-2H3,(H,17,19);1H. The van der Waals surface area contributed by atoms with E-state index in [-0.39, 0.29) is 18.3 Å². The van der Waals surface area contributed by atoms with E-state index in [9.17, 15) is 4.79 Å². The van der Waals surface area contributed by atoms with Crippen LogP contribution < -0.4 is 10.6 Å². The third kappa shape index (κ3) is 2.49. The minimum absolute atomic E-state index is 0. The van der Waals surface area contributed by atoms with Gasteiger partial charge in [-0.15, -0.1) is 12.4 Å². The second kappa shape index (κ2) is 5.54. The number of anilines is 2. The Kier molecular flexibility index (Phi) is 3.99. The minimum atomic E-state index is -0.114. The molecule has 0 radical (unpaired) electrons. The number of nitrogens with one attached hydrogen (secondary N) is 2. The molecule has 20 heavy (non-hydrogen) atoms. The molecule has 6 heteroatoms. The first kappa shape index (κ1) is 14.4. The molecule has 2 heterocycles. The normalized spacial score (nSPS) is 12.3. The van der Waals surface area contributed by atoms with Gasteiger partial charge in [0.2, 0.25) is 0 Å². The summed E-state index contributed by atoms with van der Waals surface area (Å²) in [4.78, 5) is 12.2. The molecular formula is C14H17ClN4O. The summed E-state index contributed by atoms with van der Waals surface area (Å²) in [6.07, 6.45) is 2.60. The van der Waals surface area contributed by atoms with Crippen LogP contribution >= 0.6 is 12.4 Å². The number of benzene rings is 1. The number of aromatic nitrogens is 2. The lowest BCUT2D eigenvalue weighted by Crippen LogP contribution is -2.13. The monoisotopic (exact) mass is 292 g/mol. The van der Waals surface area contributed by atoms with Crippen LogP contribution in [0.5, 0.6) is 0 Å². The number of fused-ring (bicyclic) bond motifs is 1. The van der Waals surface area contributed by atoms with Crippen LogP contribution in [0.3, 0.4) is 0 Å². The fourth-order valence-electron chi connectivity index (χ4n) is 2.30. The average molecular weight is 293 g/mol. The van der Waals surface area contributed by atoms with E-state index >= 15 is 0 Å². The molecule has 0 atom stereocenters. The maximum Gasteiger partial charge on any atom is 0.259 e. The van der Waals surface area contributed by atoms with Gasteiger partial charge in [-0.05, 0) is 37.1 Å². The largest absolute Gasteiger partial charge is 0.384 e. The van der Waals surface area contributed by atoms with Crippen molar-refractivity contribution >= 4 is 29.7 Å². The number of hydrogen-bond donors (Lipinski definition) is 2. The molecule has 1 amide bonds. The molecule has 0 saturated heterocycles. The maximum atomic E-state index is 12.2. The van der Waals surface area contributed by atoms with Crippen LogP contribution in [0.4, 0.5) is 11.4 Å². The van der Waals surface area contributed by atoms with E-state index in [2.05, 4.69) is 15.7 Å². The van der Waals surface area contributed by atoms with Gasteiger partial charge in [-0.1, -0.05) is 0 Å². The van der Waals surface area contributed by atoms with E-state index < -0.39 is 0 Å². The highest BCUT2D eigenvalue weighted by atomic mass is 35.5. The number of nitrogens with zero attached hydrogens (tertiary/aromatic N) is 2. The van der Waals surface area contributed by atoms with Crippen molar-refractivity contribution in [1.82, 2.24) is 9.78 Å². The number of aryl methyl sites for hydroxylation is 1. The molecule has 1 aromatic carbocycles. The number of rotatable bonds is 2. The number of hydrogen-bond acceptors (Lipinski definition) is 3. The summed E-state index contributed by atoms with van der Waals surface area (Å²) in [5, 5.41) is 10.3. The smallest absolute Gasteiger partial charge is 0.259 e. The van der Waals surface area contributed by atoms with E-state index in [1.165, 1.54) is 5.56 Å². The van der Waals surface area contributed by atoms with Crippen molar-refractivity contribution in [2.24, 2.45) is 7.05 Å². The zero-order valence-corrected chi connectivity index (χ0v) is 12.3. The highest BCUT2D eigenvalue weighted by Gasteiger charge is 2.15. The lowest BCUT2D eigenvalue weighted by atomic mass is 10.1. The first-order valence-electron chi connectivity index (χ1n) is 6.32. The molecule has 1 aromatic heterocycles. The topological polar surface area (TPSA) is 59.0 Å². The second-order valence-electron chi connectivity index (χ2n) is 4.77. The Labute approximate surface area is 123 Å². The Morgan fingerprint density at radius 1 is 1.45 bits per heavy atom. The van der Waals surface area contributed by atoms with Crippen LogP contribution in [0, 0.1) is 6.92 Å². The molecule has 3 rings (SSSR count). The Bertz CT molecular complexity index is 651. The molecule has 5 nitrogen and oxygen atoms in total. The van der Waals surface area contributed by atoms with Crippen LogP contribution in [0.25, 0.3) is 0 Å². The predicted molar refractivity (Wildman–Crippen MR) is 81.8 cm³/mol. The lowest BCUT2D eigenvalue weighted by Gasteiger charge is -2.07. The molecule has 2 N–H and O–H groups in total. The molecule has 106 valence electrons. The summed E-state index contributed by atoms with van der Waals surface area (Å²) < 4.78 is 1.70. The van der Waals surface area contributed by atoms with E-state index in [1.54, 1.807) is 10.9 Å². The SMILES string of the molecule is Cc1c(C(=O)Nc2ccc3c(c2)CCN3)cnn1C.Cl. The Morgan fingerprint density at radius 3 is 2.95 bits per heavy atom. The van der Waals surface area contributed by atoms with Gasteiger partial charge in [0.1, 0.15) is 0 Å². The predicted octanol–water partition coefficient (Wildman–Crippen LogP) is 2.37. The third-order valence-corrected chi connectivity index (χ3v) is 3.55. The van der Waals surface area contributed by atoms with E-state index in [0.717, 1.165) is 30.0 Å². The first-order chi connectivity index (χ1) is 9.15. The Balaban J connectivity index is 0.00000147. The zero-order valence-electron chi connectivity index (χ0n) is 11.4. The highest BCUT2D eigenvalue weighted by molar-refractivity contribution is 6.05. The molecule has 0 spiro atoms. The van der Waals surface area contributed by atoms with Gasteiger partial charge in [0.15, 0.2) is 0 Å². The number of carbonyl (C=O) groups excluding carboxylic acids is 1. The Morgan fingerprint density at radius 2 is 2.25 bits per heavy atom. The minimum Gasteiger partial charge on any atom is -0.384 e. The fourth-order valence-corrected chi connectivity index (χ4v) is 2.30. The van der Waals surface area contributed by atoms with Gasteiger partial charge in [0.25, 0.3) is 5.91 Å². The van der Waals surface area contributed by atoms with Gasteiger partial charge in [0, 0.05) is 30.7 Å². The van der Waals surface area contributed by atoms with E-state index in [1.807, 2.05) is 32.2 Å². The Hall–Kier alpha value is -2.01. The van der Waals surface area contributed by atoms with Crippen molar-refractivity contribution in [1.29, 1.82) is 0 Å². The zero-order chi connectivity index (χ0) is 13.4. The second-order valence-corrected chi connectivity index (χ2v) is 4.77. The number of halogens is 1. The van der Waals surface area contributed by atoms with Crippen LogP contribution in [-0.2, 0) is 13.5 Å². The summed E-state index contributed by atoms with van der Waals surface area (Å²) in [6.45, 7) is 2.85. The highest BCUT2D eigenvalue weighted by Crippen LogP contribution is 2.25. The van der Waals surface area contributed by atoms with Crippen molar-refractivity contribution in [2.45, 2.75) is 13.3 Å². The first-order valence-corrected chi connectivity index (χ1v) is 6.32. The molecule has 1 aliphatic rings. The summed E-state index contributed by atoms with van der Waals surface area (Å²) in [5.41, 5.74) is 4.72.